The summed E-state index contributed by atoms with van der Waals surface area (Å²) in [5.41, 5.74) is 1.02. The van der Waals surface area contributed by atoms with E-state index < -0.39 is 0 Å². The van der Waals surface area contributed by atoms with Crippen molar-refractivity contribution >= 4 is 23.2 Å². The highest BCUT2D eigenvalue weighted by atomic mass is 35.5. The van der Waals surface area contributed by atoms with Crippen LogP contribution in [0.15, 0.2) is 18.2 Å². The molecule has 0 unspecified atom stereocenters. The minimum atomic E-state index is 0.483. The number of alkyl halides is 1. The molecule has 0 heterocycles. The zero-order valence-electron chi connectivity index (χ0n) is 9.64. The zero-order valence-corrected chi connectivity index (χ0v) is 11.2. The Morgan fingerprint density at radius 3 is 2.62 bits per heavy atom. The molecule has 0 aliphatic carbocycles. The van der Waals surface area contributed by atoms with Crippen LogP contribution in [0.3, 0.4) is 0 Å². The fraction of sp³-hybridized carbons (Fsp3) is 0.538. The van der Waals surface area contributed by atoms with Gasteiger partial charge in [0, 0.05) is 5.88 Å². The van der Waals surface area contributed by atoms with Gasteiger partial charge in [-0.05, 0) is 24.1 Å². The molecule has 90 valence electrons. The van der Waals surface area contributed by atoms with Gasteiger partial charge in [0.05, 0.1) is 11.6 Å². The third kappa shape index (κ3) is 4.63. The predicted octanol–water partition coefficient (Wildman–Crippen LogP) is 5.04. The number of ether oxygens (including phenoxy) is 1. The summed E-state index contributed by atoms with van der Waals surface area (Å²) >= 11 is 11.8. The van der Waals surface area contributed by atoms with E-state index in [4.69, 9.17) is 27.9 Å². The van der Waals surface area contributed by atoms with Gasteiger partial charge in [-0.25, -0.2) is 0 Å². The maximum absolute atomic E-state index is 6.06. The summed E-state index contributed by atoms with van der Waals surface area (Å²) in [7, 11) is 0. The molecule has 0 amide bonds. The molecule has 0 radical (unpaired) electrons. The monoisotopic (exact) mass is 260 g/mol. The van der Waals surface area contributed by atoms with Crippen LogP contribution < -0.4 is 4.74 Å². The molecule has 0 aliphatic rings. The number of unbranched alkanes of at least 4 members (excludes halogenated alkanes) is 3. The lowest BCUT2D eigenvalue weighted by Gasteiger charge is -2.08. The molecule has 0 saturated carbocycles. The molecule has 0 atom stereocenters. The molecule has 0 N–H and O–H groups in total. The van der Waals surface area contributed by atoms with Crippen molar-refractivity contribution in [3.8, 4) is 5.75 Å². The number of hydrogen-bond acceptors (Lipinski definition) is 1. The summed E-state index contributed by atoms with van der Waals surface area (Å²) in [6.07, 6.45) is 4.81. The van der Waals surface area contributed by atoms with Gasteiger partial charge < -0.3 is 4.74 Å². The van der Waals surface area contributed by atoms with Gasteiger partial charge in [0.25, 0.3) is 0 Å². The van der Waals surface area contributed by atoms with Crippen molar-refractivity contribution in [2.45, 2.75) is 38.5 Å². The van der Waals surface area contributed by atoms with E-state index in [2.05, 4.69) is 6.92 Å². The zero-order chi connectivity index (χ0) is 11.8. The van der Waals surface area contributed by atoms with Crippen LogP contribution >= 0.6 is 23.2 Å². The first-order valence-electron chi connectivity index (χ1n) is 5.75. The summed E-state index contributed by atoms with van der Waals surface area (Å²) < 4.78 is 5.61. The quantitative estimate of drug-likeness (QED) is 0.493. The van der Waals surface area contributed by atoms with Crippen LogP contribution in [0.1, 0.15) is 38.2 Å². The molecule has 0 aromatic heterocycles. The van der Waals surface area contributed by atoms with Crippen molar-refractivity contribution in [1.29, 1.82) is 0 Å². The number of rotatable bonds is 7. The van der Waals surface area contributed by atoms with E-state index in [-0.39, 0.29) is 0 Å². The van der Waals surface area contributed by atoms with E-state index >= 15 is 0 Å². The lowest BCUT2D eigenvalue weighted by atomic mass is 10.2. The Hall–Kier alpha value is -0.400. The lowest BCUT2D eigenvalue weighted by Crippen LogP contribution is -1.98. The Labute approximate surface area is 108 Å². The highest BCUT2D eigenvalue weighted by Crippen LogP contribution is 2.26. The Kier molecular flexibility index (Phi) is 6.67. The Morgan fingerprint density at radius 1 is 1.19 bits per heavy atom. The average Bonchev–Trinajstić information content (AvgIpc) is 2.30. The van der Waals surface area contributed by atoms with Gasteiger partial charge in [0.15, 0.2) is 0 Å². The maximum atomic E-state index is 6.06. The lowest BCUT2D eigenvalue weighted by molar-refractivity contribution is 0.305. The Morgan fingerprint density at radius 2 is 2.00 bits per heavy atom. The summed E-state index contributed by atoms with van der Waals surface area (Å²) in [6.45, 7) is 2.93. The van der Waals surface area contributed by atoms with E-state index in [0.29, 0.717) is 10.9 Å². The normalized spacial score (nSPS) is 10.4. The van der Waals surface area contributed by atoms with Crippen LogP contribution in [0.25, 0.3) is 0 Å². The first-order chi connectivity index (χ1) is 7.77. The minimum Gasteiger partial charge on any atom is -0.492 e. The molecule has 0 saturated heterocycles. The van der Waals surface area contributed by atoms with E-state index in [9.17, 15) is 0 Å². The molecule has 0 fully saturated rings. The first kappa shape index (κ1) is 13.7. The average molecular weight is 261 g/mol. The van der Waals surface area contributed by atoms with E-state index in [1.54, 1.807) is 0 Å². The van der Waals surface area contributed by atoms with Crippen LogP contribution in [0, 0.1) is 0 Å². The SMILES string of the molecule is CCCCCCOc1ccc(CCl)cc1Cl. The summed E-state index contributed by atoms with van der Waals surface area (Å²) in [4.78, 5) is 0. The first-order valence-corrected chi connectivity index (χ1v) is 6.66. The predicted molar refractivity (Wildman–Crippen MR) is 70.6 cm³/mol. The molecule has 0 bridgehead atoms. The molecule has 1 rings (SSSR count). The smallest absolute Gasteiger partial charge is 0.137 e. The van der Waals surface area contributed by atoms with Crippen molar-refractivity contribution < 1.29 is 4.74 Å². The van der Waals surface area contributed by atoms with Crippen molar-refractivity contribution in [3.05, 3.63) is 28.8 Å². The van der Waals surface area contributed by atoms with Crippen LogP contribution in [0.4, 0.5) is 0 Å². The maximum Gasteiger partial charge on any atom is 0.137 e. The second-order valence-electron chi connectivity index (χ2n) is 3.81. The number of benzene rings is 1. The molecule has 0 spiro atoms. The van der Waals surface area contributed by atoms with Crippen LogP contribution in [0.2, 0.25) is 5.02 Å². The summed E-state index contributed by atoms with van der Waals surface area (Å²) in [5.74, 6) is 1.24. The number of halogens is 2. The van der Waals surface area contributed by atoms with Gasteiger partial charge in [-0.2, -0.15) is 0 Å². The van der Waals surface area contributed by atoms with Crippen LogP contribution in [0.5, 0.6) is 5.75 Å². The second-order valence-corrected chi connectivity index (χ2v) is 4.48. The Bertz CT molecular complexity index is 313. The Balaban J connectivity index is 2.36. The van der Waals surface area contributed by atoms with Crippen molar-refractivity contribution in [2.75, 3.05) is 6.61 Å². The standard InChI is InChI=1S/C13H18Cl2O/c1-2-3-4-5-8-16-13-7-6-11(10-14)9-12(13)15/h6-7,9H,2-5,8,10H2,1H3. The van der Waals surface area contributed by atoms with Gasteiger partial charge >= 0.3 is 0 Å². The summed E-state index contributed by atoms with van der Waals surface area (Å²) in [5, 5.41) is 0.647. The van der Waals surface area contributed by atoms with Gasteiger partial charge in [-0.3, -0.25) is 0 Å². The van der Waals surface area contributed by atoms with Crippen molar-refractivity contribution in [1.82, 2.24) is 0 Å². The van der Waals surface area contributed by atoms with Gasteiger partial charge in [0.2, 0.25) is 0 Å². The van der Waals surface area contributed by atoms with E-state index in [1.807, 2.05) is 18.2 Å². The molecule has 3 heteroatoms. The molecule has 1 aromatic carbocycles. The molecule has 1 aromatic rings. The third-order valence-corrected chi connectivity index (χ3v) is 3.01. The van der Waals surface area contributed by atoms with Crippen LogP contribution in [-0.2, 0) is 5.88 Å². The third-order valence-electron chi connectivity index (χ3n) is 2.41. The molecular formula is C13H18Cl2O. The van der Waals surface area contributed by atoms with Gasteiger partial charge in [0.1, 0.15) is 5.75 Å². The van der Waals surface area contributed by atoms with E-state index in [0.717, 1.165) is 24.3 Å². The molecule has 16 heavy (non-hydrogen) atoms. The van der Waals surface area contributed by atoms with E-state index in [1.165, 1.54) is 19.3 Å². The molecule has 1 nitrogen and oxygen atoms in total. The second kappa shape index (κ2) is 7.81. The topological polar surface area (TPSA) is 9.23 Å². The van der Waals surface area contributed by atoms with Crippen molar-refractivity contribution in [2.24, 2.45) is 0 Å². The minimum absolute atomic E-state index is 0.483. The van der Waals surface area contributed by atoms with Gasteiger partial charge in [-0.15, -0.1) is 11.6 Å². The fourth-order valence-corrected chi connectivity index (χ4v) is 1.88. The highest BCUT2D eigenvalue weighted by molar-refractivity contribution is 6.32. The highest BCUT2D eigenvalue weighted by Gasteiger charge is 2.02. The van der Waals surface area contributed by atoms with Crippen molar-refractivity contribution in [3.63, 3.8) is 0 Å². The fourth-order valence-electron chi connectivity index (χ4n) is 1.46. The van der Waals surface area contributed by atoms with Gasteiger partial charge in [-0.1, -0.05) is 43.9 Å². The molecular weight excluding hydrogens is 243 g/mol. The largest absolute Gasteiger partial charge is 0.492 e. The number of hydrogen-bond donors (Lipinski definition) is 0. The van der Waals surface area contributed by atoms with Crippen LogP contribution in [-0.4, -0.2) is 6.61 Å². The summed E-state index contributed by atoms with van der Waals surface area (Å²) in [6, 6.07) is 5.69. The molecule has 0 aliphatic heterocycles.